The van der Waals surface area contributed by atoms with Gasteiger partial charge in [-0.3, -0.25) is 14.4 Å². The summed E-state index contributed by atoms with van der Waals surface area (Å²) in [6.45, 7) is 24.9. The van der Waals surface area contributed by atoms with Crippen molar-refractivity contribution < 1.29 is 87.0 Å². The Balaban J connectivity index is 1.51. The SMILES string of the molecule is CCOC(=O)C(C)(COC(=O)C(C)(C)OC(C)(C)CCOC(C)(C)CC/C=C/Cc1ccc(O[C@@H]2O[C@H](CO)[C@H](O)[C@H](O)[C@H]2O)cc1)COC(C)(C)C(C)(C)C(=O)OCC(C)(COC(C)C)C(=O)OCc1ccccc1. The molecule has 2 unspecified atom stereocenters. The Morgan fingerprint density at radius 3 is 1.82 bits per heavy atom. The number of ether oxygens (including phenoxy) is 10. The molecule has 1 aliphatic rings. The summed E-state index contributed by atoms with van der Waals surface area (Å²) in [5.74, 6) is -2.24. The molecule has 2 aromatic rings. The first kappa shape index (κ1) is 65.8. The molecule has 1 saturated heterocycles. The van der Waals surface area contributed by atoms with Crippen molar-refractivity contribution in [2.24, 2.45) is 16.2 Å². The fourth-order valence-corrected chi connectivity index (χ4v) is 7.64. The summed E-state index contributed by atoms with van der Waals surface area (Å²) >= 11 is 0. The minimum atomic E-state index is -1.53. The number of carbonyl (C=O) groups excluding carboxylic acids is 4. The van der Waals surface area contributed by atoms with E-state index in [9.17, 15) is 39.6 Å². The molecule has 430 valence electrons. The molecule has 3 rings (SSSR count). The highest BCUT2D eigenvalue weighted by Gasteiger charge is 2.50. The topological polar surface area (TPSA) is 241 Å². The number of aliphatic hydroxyl groups is 4. The van der Waals surface area contributed by atoms with E-state index in [1.165, 1.54) is 0 Å². The molecule has 4 N–H and O–H groups in total. The Hall–Kier alpha value is -4.50. The molecule has 0 saturated carbocycles. The van der Waals surface area contributed by atoms with Gasteiger partial charge in [0.1, 0.15) is 60.8 Å². The molecular weight excluding hydrogens is 985 g/mol. The molecular formula is C58H90O18. The Morgan fingerprint density at radius 2 is 1.22 bits per heavy atom. The van der Waals surface area contributed by atoms with E-state index in [4.69, 9.17) is 47.4 Å². The first-order valence-electron chi connectivity index (χ1n) is 26.3. The van der Waals surface area contributed by atoms with E-state index >= 15 is 0 Å². The van der Waals surface area contributed by atoms with Crippen molar-refractivity contribution in [3.8, 4) is 5.75 Å². The summed E-state index contributed by atoms with van der Waals surface area (Å²) in [6, 6.07) is 16.4. The zero-order valence-corrected chi connectivity index (χ0v) is 47.8. The molecule has 1 fully saturated rings. The van der Waals surface area contributed by atoms with Crippen molar-refractivity contribution in [3.05, 3.63) is 77.9 Å². The highest BCUT2D eigenvalue weighted by molar-refractivity contribution is 5.81. The lowest BCUT2D eigenvalue weighted by molar-refractivity contribution is -0.277. The third kappa shape index (κ3) is 19.7. The summed E-state index contributed by atoms with van der Waals surface area (Å²) in [4.78, 5) is 54.6. The fraction of sp³-hybridized carbons (Fsp3) is 0.690. The number of rotatable bonds is 32. The Bertz CT molecular complexity index is 2150. The van der Waals surface area contributed by atoms with Crippen LogP contribution in [-0.4, -0.2) is 150 Å². The molecule has 1 aliphatic heterocycles. The predicted molar refractivity (Wildman–Crippen MR) is 283 cm³/mol. The first-order chi connectivity index (χ1) is 35.2. The van der Waals surface area contributed by atoms with Crippen molar-refractivity contribution in [2.45, 2.75) is 195 Å². The van der Waals surface area contributed by atoms with Gasteiger partial charge in [-0.05, 0) is 153 Å². The average Bonchev–Trinajstić information content (AvgIpc) is 3.35. The summed E-state index contributed by atoms with van der Waals surface area (Å²) in [5.41, 5.74) is -6.34. The lowest BCUT2D eigenvalue weighted by atomic mass is 9.76. The Morgan fingerprint density at radius 1 is 0.632 bits per heavy atom. The highest BCUT2D eigenvalue weighted by atomic mass is 16.7. The van der Waals surface area contributed by atoms with Crippen LogP contribution in [0.2, 0.25) is 0 Å². The summed E-state index contributed by atoms with van der Waals surface area (Å²) < 4.78 is 58.6. The second-order valence-electron chi connectivity index (χ2n) is 23.2. The maximum Gasteiger partial charge on any atom is 0.337 e. The van der Waals surface area contributed by atoms with Crippen LogP contribution in [0.3, 0.4) is 0 Å². The van der Waals surface area contributed by atoms with Crippen LogP contribution in [0.4, 0.5) is 0 Å². The molecule has 1 heterocycles. The van der Waals surface area contributed by atoms with Gasteiger partial charge in [-0.1, -0.05) is 54.6 Å². The van der Waals surface area contributed by atoms with Gasteiger partial charge in [0.2, 0.25) is 6.29 Å². The van der Waals surface area contributed by atoms with Crippen molar-refractivity contribution in [1.29, 1.82) is 0 Å². The molecule has 0 spiro atoms. The zero-order valence-electron chi connectivity index (χ0n) is 47.8. The lowest BCUT2D eigenvalue weighted by Gasteiger charge is -2.42. The predicted octanol–water partition coefficient (Wildman–Crippen LogP) is 7.16. The van der Waals surface area contributed by atoms with E-state index in [1.54, 1.807) is 74.4 Å². The van der Waals surface area contributed by atoms with Crippen LogP contribution < -0.4 is 4.74 Å². The number of allylic oxidation sites excluding steroid dienone is 2. The van der Waals surface area contributed by atoms with E-state index in [0.29, 0.717) is 25.2 Å². The molecule has 2 aromatic carbocycles. The van der Waals surface area contributed by atoms with Gasteiger partial charge in [0.25, 0.3) is 0 Å². The molecule has 0 radical (unpaired) electrons. The molecule has 0 aliphatic carbocycles. The largest absolute Gasteiger partial charge is 0.465 e. The quantitative estimate of drug-likeness (QED) is 0.0323. The van der Waals surface area contributed by atoms with Gasteiger partial charge < -0.3 is 67.8 Å². The van der Waals surface area contributed by atoms with E-state index in [1.807, 2.05) is 84.0 Å². The van der Waals surface area contributed by atoms with Crippen LogP contribution in [0.15, 0.2) is 66.7 Å². The molecule has 18 heteroatoms. The summed E-state index contributed by atoms with van der Waals surface area (Å²) in [5, 5.41) is 39.8. The second-order valence-corrected chi connectivity index (χ2v) is 23.2. The van der Waals surface area contributed by atoms with Crippen LogP contribution in [0.1, 0.15) is 134 Å². The second kappa shape index (κ2) is 28.4. The monoisotopic (exact) mass is 1070 g/mol. The van der Waals surface area contributed by atoms with Gasteiger partial charge in [0.15, 0.2) is 5.60 Å². The molecule has 7 atom stereocenters. The van der Waals surface area contributed by atoms with Gasteiger partial charge in [-0.15, -0.1) is 0 Å². The van der Waals surface area contributed by atoms with Crippen molar-refractivity contribution in [1.82, 2.24) is 0 Å². The Kier molecular flexibility index (Phi) is 24.6. The Labute approximate surface area is 451 Å². The average molecular weight is 1080 g/mol. The summed E-state index contributed by atoms with van der Waals surface area (Å²) in [6.07, 6.45) is -0.274. The van der Waals surface area contributed by atoms with Crippen molar-refractivity contribution >= 4 is 23.9 Å². The molecule has 18 nitrogen and oxygen atoms in total. The standard InChI is InChI=1S/C58H90O18/c1-16-67-50(65)58(15,38-73-56(12,13)54(8,9)48(63)70-36-57(14,35-69-39(2)3)51(66)68-34-41-24-19-17-20-25-41)37-71-49(64)55(10,11)76-53(6,7)31-32-72-52(4,5)30-22-18-21-23-40-26-28-42(29-27-40)74-47-46(62)45(61)44(60)43(33-59)75-47/h17-21,24-29,39,43-47,59-62H,16,22-23,30-38H2,1-15H3/b21-18+/t43-,44+,45+,46-,47-,57?,58?/m1/s1. The van der Waals surface area contributed by atoms with Gasteiger partial charge in [0, 0.05) is 0 Å². The van der Waals surface area contributed by atoms with Crippen LogP contribution >= 0.6 is 0 Å². The van der Waals surface area contributed by atoms with Crippen molar-refractivity contribution in [2.75, 3.05) is 46.2 Å². The number of benzene rings is 2. The minimum absolute atomic E-state index is 0.0370. The third-order valence-electron chi connectivity index (χ3n) is 13.7. The van der Waals surface area contributed by atoms with E-state index in [2.05, 4.69) is 12.2 Å². The van der Waals surface area contributed by atoms with Crippen LogP contribution in [-0.2, 0) is 74.8 Å². The van der Waals surface area contributed by atoms with Crippen LogP contribution in [0, 0.1) is 16.2 Å². The number of aliphatic hydroxyl groups excluding tert-OH is 4. The first-order valence-corrected chi connectivity index (χ1v) is 26.3. The number of hydrogen-bond donors (Lipinski definition) is 4. The number of hydrogen-bond acceptors (Lipinski definition) is 18. The van der Waals surface area contributed by atoms with Crippen molar-refractivity contribution in [3.63, 3.8) is 0 Å². The van der Waals surface area contributed by atoms with Gasteiger partial charge in [0.05, 0.1) is 61.4 Å². The zero-order chi connectivity index (χ0) is 57.3. The van der Waals surface area contributed by atoms with Crippen LogP contribution in [0.25, 0.3) is 0 Å². The van der Waals surface area contributed by atoms with Gasteiger partial charge >= 0.3 is 23.9 Å². The number of carbonyl (C=O) groups is 4. The normalized spacial score (nSPS) is 20.4. The molecule has 76 heavy (non-hydrogen) atoms. The highest BCUT2D eigenvalue weighted by Crippen LogP contribution is 2.38. The molecule has 0 bridgehead atoms. The maximum absolute atomic E-state index is 13.9. The van der Waals surface area contributed by atoms with Gasteiger partial charge in [-0.25, -0.2) is 4.79 Å². The minimum Gasteiger partial charge on any atom is -0.465 e. The fourth-order valence-electron chi connectivity index (χ4n) is 7.64. The molecule has 0 amide bonds. The number of esters is 4. The molecule has 0 aromatic heterocycles. The van der Waals surface area contributed by atoms with Gasteiger partial charge in [-0.2, -0.15) is 0 Å². The lowest BCUT2D eigenvalue weighted by Crippen LogP contribution is -2.60. The smallest absolute Gasteiger partial charge is 0.337 e. The van der Waals surface area contributed by atoms with E-state index in [0.717, 1.165) is 24.0 Å². The summed E-state index contributed by atoms with van der Waals surface area (Å²) in [7, 11) is 0. The third-order valence-corrected chi connectivity index (χ3v) is 13.7. The van der Waals surface area contributed by atoms with Crippen LogP contribution in [0.5, 0.6) is 5.75 Å². The van der Waals surface area contributed by atoms with E-state index in [-0.39, 0.29) is 39.1 Å². The van der Waals surface area contributed by atoms with E-state index < -0.39 is 106 Å². The maximum atomic E-state index is 13.9.